The van der Waals surface area contributed by atoms with Crippen LogP contribution in [0.15, 0.2) is 65.8 Å². The maximum Gasteiger partial charge on any atom is 0.240 e. The van der Waals surface area contributed by atoms with Crippen molar-refractivity contribution in [2.45, 2.75) is 37.0 Å². The quantitative estimate of drug-likeness (QED) is 0.343. The van der Waals surface area contributed by atoms with E-state index in [0.29, 0.717) is 24.6 Å². The number of aromatic nitrogens is 2. The Morgan fingerprint density at radius 2 is 1.78 bits per heavy atom. The molecule has 0 amide bonds. The highest BCUT2D eigenvalue weighted by Gasteiger charge is 2.13. The zero-order valence-electron chi connectivity index (χ0n) is 18.7. The summed E-state index contributed by atoms with van der Waals surface area (Å²) < 4.78 is 32.6. The summed E-state index contributed by atoms with van der Waals surface area (Å²) in [5, 5.41) is 3.51. The summed E-state index contributed by atoms with van der Waals surface area (Å²) in [7, 11) is -1.98. The van der Waals surface area contributed by atoms with Crippen LogP contribution in [0, 0.1) is 0 Å². The third kappa shape index (κ3) is 7.19. The molecule has 0 aliphatic heterocycles. The van der Waals surface area contributed by atoms with Crippen molar-refractivity contribution in [1.82, 2.24) is 20.0 Å². The SMILES string of the molecule is COc1ccc(S(=O)(=O)NCCc2ccc(C(C)CNCCCc3ncc[nH]3)cc2)cc1. The third-order valence-electron chi connectivity index (χ3n) is 5.40. The fourth-order valence-corrected chi connectivity index (χ4v) is 4.46. The molecule has 7 nitrogen and oxygen atoms in total. The number of hydrogen-bond donors (Lipinski definition) is 3. The van der Waals surface area contributed by atoms with Gasteiger partial charge in [0.2, 0.25) is 10.0 Å². The predicted molar refractivity (Wildman–Crippen MR) is 127 cm³/mol. The van der Waals surface area contributed by atoms with Crippen molar-refractivity contribution in [3.05, 3.63) is 77.9 Å². The minimum Gasteiger partial charge on any atom is -0.497 e. The number of rotatable bonds is 13. The van der Waals surface area contributed by atoms with E-state index < -0.39 is 10.0 Å². The average molecular weight is 457 g/mol. The molecule has 0 saturated heterocycles. The average Bonchev–Trinajstić information content (AvgIpc) is 3.33. The molecular formula is C24H32N4O3S. The molecule has 0 saturated carbocycles. The van der Waals surface area contributed by atoms with Crippen LogP contribution >= 0.6 is 0 Å². The maximum atomic E-state index is 12.4. The number of benzene rings is 2. The van der Waals surface area contributed by atoms with Crippen molar-refractivity contribution < 1.29 is 13.2 Å². The van der Waals surface area contributed by atoms with E-state index in [2.05, 4.69) is 51.2 Å². The van der Waals surface area contributed by atoms with Crippen molar-refractivity contribution in [1.29, 1.82) is 0 Å². The van der Waals surface area contributed by atoms with Gasteiger partial charge in [-0.05, 0) is 60.7 Å². The predicted octanol–water partition coefficient (Wildman–Crippen LogP) is 3.27. The molecule has 0 radical (unpaired) electrons. The van der Waals surface area contributed by atoms with E-state index in [4.69, 9.17) is 4.74 Å². The molecule has 0 spiro atoms. The number of H-pyrrole nitrogens is 1. The van der Waals surface area contributed by atoms with Gasteiger partial charge in [0.15, 0.2) is 0 Å². The van der Waals surface area contributed by atoms with E-state index in [-0.39, 0.29) is 4.90 Å². The zero-order chi connectivity index (χ0) is 22.8. The lowest BCUT2D eigenvalue weighted by Crippen LogP contribution is -2.26. The minimum atomic E-state index is -3.53. The number of aryl methyl sites for hydroxylation is 1. The molecule has 8 heteroatoms. The number of imidazole rings is 1. The number of sulfonamides is 1. The summed E-state index contributed by atoms with van der Waals surface area (Å²) in [5.41, 5.74) is 2.37. The van der Waals surface area contributed by atoms with Crippen molar-refractivity contribution in [2.24, 2.45) is 0 Å². The van der Waals surface area contributed by atoms with E-state index in [1.54, 1.807) is 37.6 Å². The van der Waals surface area contributed by atoms with Gasteiger partial charge in [-0.2, -0.15) is 0 Å². The van der Waals surface area contributed by atoms with Crippen molar-refractivity contribution in [3.63, 3.8) is 0 Å². The molecule has 0 fully saturated rings. The van der Waals surface area contributed by atoms with Gasteiger partial charge in [0.05, 0.1) is 12.0 Å². The Labute approximate surface area is 190 Å². The van der Waals surface area contributed by atoms with Gasteiger partial charge < -0.3 is 15.0 Å². The van der Waals surface area contributed by atoms with Gasteiger partial charge in [0, 0.05) is 31.9 Å². The highest BCUT2D eigenvalue weighted by molar-refractivity contribution is 7.89. The van der Waals surface area contributed by atoms with Crippen LogP contribution in [-0.2, 0) is 22.9 Å². The van der Waals surface area contributed by atoms with Gasteiger partial charge in [0.1, 0.15) is 11.6 Å². The molecule has 3 N–H and O–H groups in total. The third-order valence-corrected chi connectivity index (χ3v) is 6.87. The van der Waals surface area contributed by atoms with E-state index in [0.717, 1.165) is 37.3 Å². The second-order valence-corrected chi connectivity index (χ2v) is 9.58. The van der Waals surface area contributed by atoms with Crippen LogP contribution in [-0.4, -0.2) is 45.1 Å². The van der Waals surface area contributed by atoms with Crippen LogP contribution in [0.4, 0.5) is 0 Å². The molecule has 1 heterocycles. The van der Waals surface area contributed by atoms with E-state index >= 15 is 0 Å². The molecule has 1 aromatic heterocycles. The van der Waals surface area contributed by atoms with E-state index in [1.165, 1.54) is 5.56 Å². The fraction of sp³-hybridized carbons (Fsp3) is 0.375. The Morgan fingerprint density at radius 3 is 2.44 bits per heavy atom. The zero-order valence-corrected chi connectivity index (χ0v) is 19.5. The minimum absolute atomic E-state index is 0.235. The molecular weight excluding hydrogens is 424 g/mol. The molecule has 3 rings (SSSR count). The van der Waals surface area contributed by atoms with Crippen molar-refractivity contribution in [2.75, 3.05) is 26.7 Å². The van der Waals surface area contributed by atoms with Crippen LogP contribution in [0.3, 0.4) is 0 Å². The molecule has 0 aliphatic carbocycles. The smallest absolute Gasteiger partial charge is 0.240 e. The van der Waals surface area contributed by atoms with Crippen molar-refractivity contribution in [3.8, 4) is 5.75 Å². The lowest BCUT2D eigenvalue weighted by atomic mass is 9.99. The molecule has 0 bridgehead atoms. The number of nitrogens with one attached hydrogen (secondary N) is 3. The Morgan fingerprint density at radius 1 is 1.03 bits per heavy atom. The van der Waals surface area contributed by atoms with Gasteiger partial charge >= 0.3 is 0 Å². The Hall–Kier alpha value is -2.68. The molecule has 172 valence electrons. The number of hydrogen-bond acceptors (Lipinski definition) is 5. The summed E-state index contributed by atoms with van der Waals surface area (Å²) in [5.74, 6) is 2.06. The first-order valence-electron chi connectivity index (χ1n) is 10.9. The summed E-state index contributed by atoms with van der Waals surface area (Å²) >= 11 is 0. The number of aromatic amines is 1. The second-order valence-electron chi connectivity index (χ2n) is 7.81. The number of methoxy groups -OCH3 is 1. The highest BCUT2D eigenvalue weighted by Crippen LogP contribution is 2.17. The summed E-state index contributed by atoms with van der Waals surface area (Å²) in [6, 6.07) is 14.8. The largest absolute Gasteiger partial charge is 0.497 e. The highest BCUT2D eigenvalue weighted by atomic mass is 32.2. The Bertz CT molecular complexity index is 1030. The fourth-order valence-electron chi connectivity index (χ4n) is 3.43. The van der Waals surface area contributed by atoms with E-state index in [1.807, 2.05) is 6.20 Å². The maximum absolute atomic E-state index is 12.4. The van der Waals surface area contributed by atoms with Crippen LogP contribution in [0.1, 0.15) is 36.2 Å². The second kappa shape index (κ2) is 11.8. The summed E-state index contributed by atoms with van der Waals surface area (Å²) in [4.78, 5) is 7.59. The first-order valence-corrected chi connectivity index (χ1v) is 12.4. The monoisotopic (exact) mass is 456 g/mol. The first kappa shape index (κ1) is 24.0. The molecule has 2 aromatic carbocycles. The Balaban J connectivity index is 1.38. The molecule has 0 aliphatic rings. The van der Waals surface area contributed by atoms with Gasteiger partial charge in [-0.25, -0.2) is 18.1 Å². The molecule has 1 unspecified atom stereocenters. The summed E-state index contributed by atoms with van der Waals surface area (Å²) in [6.45, 7) is 4.43. The number of ether oxygens (including phenoxy) is 1. The standard InChI is InChI=1S/C24H32N4O3S/c1-19(18-25-14-3-4-24-26-16-17-27-24)21-7-5-20(6-8-21)13-15-28-32(29,30)23-11-9-22(31-2)10-12-23/h5-12,16-17,19,25,28H,3-4,13-15,18H2,1-2H3,(H,26,27). The topological polar surface area (TPSA) is 96.1 Å². The van der Waals surface area contributed by atoms with Gasteiger partial charge in [-0.15, -0.1) is 0 Å². The van der Waals surface area contributed by atoms with Crippen LogP contribution in [0.2, 0.25) is 0 Å². The molecule has 32 heavy (non-hydrogen) atoms. The Kier molecular flexibility index (Phi) is 8.84. The van der Waals surface area contributed by atoms with Crippen LogP contribution in [0.25, 0.3) is 0 Å². The van der Waals surface area contributed by atoms with E-state index in [9.17, 15) is 8.42 Å². The van der Waals surface area contributed by atoms with Crippen LogP contribution in [0.5, 0.6) is 5.75 Å². The first-order chi connectivity index (χ1) is 15.5. The lowest BCUT2D eigenvalue weighted by molar-refractivity contribution is 0.414. The molecule has 1 atom stereocenters. The van der Waals surface area contributed by atoms with Gasteiger partial charge in [-0.1, -0.05) is 31.2 Å². The number of nitrogens with zero attached hydrogens (tertiary/aromatic N) is 1. The van der Waals surface area contributed by atoms with Gasteiger partial charge in [0.25, 0.3) is 0 Å². The lowest BCUT2D eigenvalue weighted by Gasteiger charge is -2.14. The normalized spacial score (nSPS) is 12.6. The van der Waals surface area contributed by atoms with Crippen LogP contribution < -0.4 is 14.8 Å². The van der Waals surface area contributed by atoms with Crippen molar-refractivity contribution >= 4 is 10.0 Å². The van der Waals surface area contributed by atoms with Gasteiger partial charge in [-0.3, -0.25) is 0 Å². The summed E-state index contributed by atoms with van der Waals surface area (Å²) in [6.07, 6.45) is 6.26. The molecule has 3 aromatic rings.